The van der Waals surface area contributed by atoms with Crippen molar-refractivity contribution in [3.8, 4) is 0 Å². The van der Waals surface area contributed by atoms with Crippen LogP contribution in [0.25, 0.3) is 10.1 Å². The number of rotatable bonds is 1. The molecular formula is C12H12BrIN2O2S. The van der Waals surface area contributed by atoms with Gasteiger partial charge in [0.25, 0.3) is 0 Å². The first-order valence-electron chi connectivity index (χ1n) is 5.50. The molecule has 0 radical (unpaired) electrons. The molecule has 0 saturated carbocycles. The Morgan fingerprint density at radius 2 is 2.21 bits per heavy atom. The number of aromatic nitrogens is 1. The largest absolute Gasteiger partial charge is 0.444 e. The highest BCUT2D eigenvalue weighted by Gasteiger charge is 2.19. The van der Waals surface area contributed by atoms with E-state index in [9.17, 15) is 4.79 Å². The van der Waals surface area contributed by atoms with Gasteiger partial charge in [-0.05, 0) is 65.4 Å². The number of anilines is 1. The molecule has 1 amide bonds. The fraction of sp³-hybridized carbons (Fsp3) is 0.333. The van der Waals surface area contributed by atoms with E-state index in [1.165, 1.54) is 0 Å². The molecule has 1 N–H and O–H groups in total. The van der Waals surface area contributed by atoms with Crippen molar-refractivity contribution in [2.45, 2.75) is 26.4 Å². The Balaban J connectivity index is 2.33. The summed E-state index contributed by atoms with van der Waals surface area (Å²) in [5, 5.41) is 3.60. The molecule has 19 heavy (non-hydrogen) atoms. The number of nitrogens with one attached hydrogen (secondary N) is 1. The summed E-state index contributed by atoms with van der Waals surface area (Å²) in [4.78, 5) is 16.0. The second kappa shape index (κ2) is 5.53. The maximum absolute atomic E-state index is 11.8. The number of nitrogens with zero attached hydrogens (tertiary/aromatic N) is 1. The van der Waals surface area contributed by atoms with E-state index >= 15 is 0 Å². The first-order valence-corrected chi connectivity index (χ1v) is 8.19. The molecule has 4 nitrogen and oxygen atoms in total. The molecule has 0 atom stereocenters. The van der Waals surface area contributed by atoms with E-state index in [-0.39, 0.29) is 0 Å². The predicted octanol–water partition coefficient (Wildman–Crippen LogP) is 5.01. The van der Waals surface area contributed by atoms with Gasteiger partial charge in [0.2, 0.25) is 0 Å². The highest BCUT2D eigenvalue weighted by Crippen LogP contribution is 2.39. The molecule has 0 aliphatic heterocycles. The molecule has 0 unspecified atom stereocenters. The van der Waals surface area contributed by atoms with Gasteiger partial charge in [0.05, 0.1) is 12.7 Å². The van der Waals surface area contributed by atoms with E-state index < -0.39 is 11.7 Å². The number of carbonyl (C=O) groups excluding carboxylic acids is 1. The van der Waals surface area contributed by atoms with Gasteiger partial charge >= 0.3 is 6.09 Å². The molecule has 2 aromatic rings. The lowest BCUT2D eigenvalue weighted by atomic mass is 10.2. The molecule has 2 rings (SSSR count). The molecule has 0 aliphatic rings. The first-order chi connectivity index (χ1) is 8.78. The lowest BCUT2D eigenvalue weighted by Crippen LogP contribution is -2.27. The summed E-state index contributed by atoms with van der Waals surface area (Å²) in [5.74, 6) is 0.512. The lowest BCUT2D eigenvalue weighted by molar-refractivity contribution is 0.0635. The van der Waals surface area contributed by atoms with Crippen molar-refractivity contribution in [2.24, 2.45) is 0 Å². The zero-order chi connectivity index (χ0) is 14.2. The Bertz CT molecular complexity index is 636. The highest BCUT2D eigenvalue weighted by atomic mass is 127. The summed E-state index contributed by atoms with van der Waals surface area (Å²) >= 11 is 7.41. The maximum Gasteiger partial charge on any atom is 0.413 e. The van der Waals surface area contributed by atoms with Crippen molar-refractivity contribution in [1.82, 2.24) is 4.98 Å². The summed E-state index contributed by atoms with van der Waals surface area (Å²) in [6.45, 7) is 5.47. The molecule has 0 aliphatic carbocycles. The van der Waals surface area contributed by atoms with Gasteiger partial charge < -0.3 is 4.74 Å². The monoisotopic (exact) mass is 454 g/mol. The molecule has 102 valence electrons. The summed E-state index contributed by atoms with van der Waals surface area (Å²) in [6.07, 6.45) is 1.18. The van der Waals surface area contributed by atoms with Crippen LogP contribution in [0, 0.1) is 2.88 Å². The standard InChI is InChI=1S/C12H12BrIN2O2S/c1-12(2,3)18-11(17)16-10-7-6(4-5-15-10)19-9(14)8(7)13/h4-5H,1-3H3,(H,15,16,17). The molecule has 0 fully saturated rings. The molecule has 2 aromatic heterocycles. The Morgan fingerprint density at radius 3 is 2.84 bits per heavy atom. The molecule has 0 bridgehead atoms. The van der Waals surface area contributed by atoms with Crippen LogP contribution in [0.15, 0.2) is 16.7 Å². The Kier molecular flexibility index (Phi) is 4.36. The van der Waals surface area contributed by atoms with Gasteiger partial charge in [-0.2, -0.15) is 0 Å². The number of hydrogen-bond acceptors (Lipinski definition) is 4. The van der Waals surface area contributed by atoms with E-state index in [1.807, 2.05) is 26.8 Å². The second-order valence-corrected chi connectivity index (χ2v) is 8.51. The fourth-order valence-electron chi connectivity index (χ4n) is 1.48. The van der Waals surface area contributed by atoms with E-state index in [2.05, 4.69) is 48.8 Å². The molecule has 7 heteroatoms. The minimum absolute atomic E-state index is 0.499. The topological polar surface area (TPSA) is 51.2 Å². The van der Waals surface area contributed by atoms with Crippen molar-refractivity contribution in [2.75, 3.05) is 5.32 Å². The predicted molar refractivity (Wildman–Crippen MR) is 89.9 cm³/mol. The average molecular weight is 455 g/mol. The summed E-state index contributed by atoms with van der Waals surface area (Å²) in [6, 6.07) is 1.92. The number of ether oxygens (including phenoxy) is 1. The van der Waals surface area contributed by atoms with Gasteiger partial charge in [-0.25, -0.2) is 9.78 Å². The Hall–Kier alpha value is -0.410. The van der Waals surface area contributed by atoms with Crippen molar-refractivity contribution < 1.29 is 9.53 Å². The average Bonchev–Trinajstić information content (AvgIpc) is 2.53. The summed E-state index contributed by atoms with van der Waals surface area (Å²) < 4.78 is 8.37. The minimum atomic E-state index is -0.529. The third-order valence-electron chi connectivity index (χ3n) is 2.12. The van der Waals surface area contributed by atoms with Gasteiger partial charge in [0.15, 0.2) is 0 Å². The number of carbonyl (C=O) groups is 1. The van der Waals surface area contributed by atoms with E-state index in [0.29, 0.717) is 5.82 Å². The van der Waals surface area contributed by atoms with Crippen LogP contribution < -0.4 is 5.32 Å². The minimum Gasteiger partial charge on any atom is -0.444 e. The van der Waals surface area contributed by atoms with Gasteiger partial charge in [0.1, 0.15) is 11.4 Å². The van der Waals surface area contributed by atoms with E-state index in [0.717, 1.165) is 17.4 Å². The number of halogens is 2. The normalized spacial score (nSPS) is 11.6. The van der Waals surface area contributed by atoms with Gasteiger partial charge in [0, 0.05) is 10.9 Å². The number of hydrogen-bond donors (Lipinski definition) is 1. The van der Waals surface area contributed by atoms with Crippen LogP contribution in [-0.4, -0.2) is 16.7 Å². The molecule has 0 saturated heterocycles. The van der Waals surface area contributed by atoms with Crippen LogP contribution in [0.2, 0.25) is 0 Å². The highest BCUT2D eigenvalue weighted by molar-refractivity contribution is 14.1. The zero-order valence-electron chi connectivity index (χ0n) is 10.6. The van der Waals surface area contributed by atoms with Crippen molar-refractivity contribution in [1.29, 1.82) is 0 Å². The number of pyridine rings is 1. The Morgan fingerprint density at radius 1 is 1.53 bits per heavy atom. The van der Waals surface area contributed by atoms with Crippen molar-refractivity contribution in [3.05, 3.63) is 19.6 Å². The van der Waals surface area contributed by atoms with Crippen molar-refractivity contribution >= 4 is 71.9 Å². The van der Waals surface area contributed by atoms with Crippen LogP contribution in [0.1, 0.15) is 20.8 Å². The first kappa shape index (κ1) is 15.0. The summed E-state index contributed by atoms with van der Waals surface area (Å²) in [7, 11) is 0. The number of fused-ring (bicyclic) bond motifs is 1. The fourth-order valence-corrected chi connectivity index (χ4v) is 4.05. The lowest BCUT2D eigenvalue weighted by Gasteiger charge is -2.19. The van der Waals surface area contributed by atoms with E-state index in [1.54, 1.807) is 17.5 Å². The Labute approximate surface area is 137 Å². The molecule has 0 spiro atoms. The molecular weight excluding hydrogens is 443 g/mol. The van der Waals surface area contributed by atoms with Crippen LogP contribution in [0.5, 0.6) is 0 Å². The molecule has 2 heterocycles. The van der Waals surface area contributed by atoms with Crippen LogP contribution in [-0.2, 0) is 4.74 Å². The van der Waals surface area contributed by atoms with Crippen LogP contribution in [0.3, 0.4) is 0 Å². The van der Waals surface area contributed by atoms with E-state index in [4.69, 9.17) is 4.74 Å². The number of thiophene rings is 1. The summed E-state index contributed by atoms with van der Waals surface area (Å²) in [5.41, 5.74) is -0.529. The number of amides is 1. The van der Waals surface area contributed by atoms with Gasteiger partial charge in [-0.3, -0.25) is 5.32 Å². The van der Waals surface area contributed by atoms with Gasteiger partial charge in [-0.1, -0.05) is 0 Å². The third-order valence-corrected chi connectivity index (χ3v) is 6.06. The zero-order valence-corrected chi connectivity index (χ0v) is 15.1. The second-order valence-electron chi connectivity index (χ2n) is 4.85. The maximum atomic E-state index is 11.8. The van der Waals surface area contributed by atoms with Crippen molar-refractivity contribution in [3.63, 3.8) is 0 Å². The SMILES string of the molecule is CC(C)(C)OC(=O)Nc1nccc2sc(I)c(Br)c12. The smallest absolute Gasteiger partial charge is 0.413 e. The van der Waals surface area contributed by atoms with Gasteiger partial charge in [-0.15, -0.1) is 11.3 Å². The quantitative estimate of drug-likeness (QED) is 0.616. The molecule has 0 aromatic carbocycles. The van der Waals surface area contributed by atoms with Crippen LogP contribution in [0.4, 0.5) is 10.6 Å². The third kappa shape index (κ3) is 3.57. The van der Waals surface area contributed by atoms with Crippen LogP contribution >= 0.6 is 49.9 Å².